The summed E-state index contributed by atoms with van der Waals surface area (Å²) in [6.45, 7) is 5.88. The zero-order chi connectivity index (χ0) is 18.5. The maximum absolute atomic E-state index is 13.8. The van der Waals surface area contributed by atoms with E-state index < -0.39 is 0 Å². The molecule has 0 bridgehead atoms. The number of aromatic nitrogens is 1. The first kappa shape index (κ1) is 18.6. The second kappa shape index (κ2) is 8.46. The molecule has 0 aliphatic carbocycles. The van der Waals surface area contributed by atoms with Gasteiger partial charge in [-0.25, -0.2) is 9.37 Å². The van der Waals surface area contributed by atoms with Gasteiger partial charge in [0.05, 0.1) is 18.8 Å². The largest absolute Gasteiger partial charge is 0.467 e. The Kier molecular flexibility index (Phi) is 6.05. The second-order valence-electron chi connectivity index (χ2n) is 6.02. The van der Waals surface area contributed by atoms with Crippen LogP contribution in [0.1, 0.15) is 26.7 Å². The lowest BCUT2D eigenvalue weighted by Crippen LogP contribution is -2.37. The molecule has 2 heterocycles. The van der Waals surface area contributed by atoms with E-state index in [1.54, 1.807) is 18.4 Å². The van der Waals surface area contributed by atoms with Crippen LogP contribution in [0.5, 0.6) is 5.75 Å². The molecule has 0 unspecified atom stereocenters. The van der Waals surface area contributed by atoms with Gasteiger partial charge >= 0.3 is 0 Å². The number of rotatable bonds is 5. The van der Waals surface area contributed by atoms with E-state index in [1.165, 1.54) is 17.0 Å². The van der Waals surface area contributed by atoms with Gasteiger partial charge in [-0.2, -0.15) is 0 Å². The molecule has 0 atom stereocenters. The normalized spacial score (nSPS) is 13.9. The Bertz CT molecular complexity index is 787. The monoisotopic (exact) mass is 378 g/mol. The molecule has 1 aliphatic heterocycles. The number of guanidine groups is 1. The molecule has 1 aliphatic rings. The van der Waals surface area contributed by atoms with E-state index in [1.807, 2.05) is 6.92 Å². The van der Waals surface area contributed by atoms with E-state index in [9.17, 15) is 4.39 Å². The Morgan fingerprint density at radius 3 is 2.92 bits per heavy atom. The van der Waals surface area contributed by atoms with Crippen molar-refractivity contribution in [2.45, 2.75) is 33.4 Å². The zero-order valence-corrected chi connectivity index (χ0v) is 16.0. The number of hydrogen-bond donors (Lipinski definition) is 2. The lowest BCUT2D eigenvalue weighted by atomic mass is 10.1. The van der Waals surface area contributed by atoms with Gasteiger partial charge in [0.1, 0.15) is 16.6 Å². The van der Waals surface area contributed by atoms with Crippen LogP contribution in [0.3, 0.4) is 0 Å². The fourth-order valence-corrected chi connectivity index (χ4v) is 3.63. The Morgan fingerprint density at radius 1 is 1.35 bits per heavy atom. The third-order valence-corrected chi connectivity index (χ3v) is 5.21. The number of halogens is 1. The number of aliphatic imine (C=N–C) groups is 1. The second-order valence-corrected chi connectivity index (χ2v) is 7.30. The number of benzene rings is 1. The highest BCUT2D eigenvalue weighted by Gasteiger charge is 2.16. The van der Waals surface area contributed by atoms with Gasteiger partial charge in [-0.15, -0.1) is 11.3 Å². The summed E-state index contributed by atoms with van der Waals surface area (Å²) >= 11 is 1.68. The predicted molar refractivity (Wildman–Crippen MR) is 100 cm³/mol. The summed E-state index contributed by atoms with van der Waals surface area (Å²) in [4.78, 5) is 9.95. The van der Waals surface area contributed by atoms with Gasteiger partial charge in [-0.1, -0.05) is 0 Å². The third kappa shape index (κ3) is 4.50. The Morgan fingerprint density at radius 2 is 2.19 bits per heavy atom. The summed E-state index contributed by atoms with van der Waals surface area (Å²) in [5, 5.41) is 7.51. The fraction of sp³-hybridized carbons (Fsp3) is 0.444. The van der Waals surface area contributed by atoms with Crippen molar-refractivity contribution < 1.29 is 13.9 Å². The van der Waals surface area contributed by atoms with Crippen molar-refractivity contribution in [3.8, 4) is 5.75 Å². The number of nitrogens with zero attached hydrogens (tertiary/aromatic N) is 2. The van der Waals surface area contributed by atoms with Gasteiger partial charge in [0.15, 0.2) is 12.8 Å². The minimum absolute atomic E-state index is 0.203. The number of thiazole rings is 1. The molecule has 0 amide bonds. The summed E-state index contributed by atoms with van der Waals surface area (Å²) in [6.07, 6.45) is 0.621. The van der Waals surface area contributed by atoms with Crippen molar-refractivity contribution in [3.63, 3.8) is 0 Å². The van der Waals surface area contributed by atoms with E-state index in [-0.39, 0.29) is 12.6 Å². The van der Waals surface area contributed by atoms with Gasteiger partial charge in [0.2, 0.25) is 0 Å². The molecule has 2 N–H and O–H groups in total. The highest BCUT2D eigenvalue weighted by molar-refractivity contribution is 7.11. The van der Waals surface area contributed by atoms with Crippen LogP contribution in [-0.2, 0) is 24.3 Å². The smallest absolute Gasteiger partial charge is 0.191 e. The maximum Gasteiger partial charge on any atom is 0.191 e. The first-order valence-electron chi connectivity index (χ1n) is 8.46. The molecule has 0 radical (unpaired) electrons. The van der Waals surface area contributed by atoms with Gasteiger partial charge < -0.3 is 20.1 Å². The summed E-state index contributed by atoms with van der Waals surface area (Å²) in [6, 6.07) is 2.98. The molecule has 6 nitrogen and oxygen atoms in total. The third-order valence-electron chi connectivity index (χ3n) is 4.14. The summed E-state index contributed by atoms with van der Waals surface area (Å²) < 4.78 is 24.5. The van der Waals surface area contributed by atoms with E-state index in [2.05, 4.69) is 27.5 Å². The standard InChI is InChI=1S/C18H23FN4O2S/c1-11-12(2)26-16(23-11)8-22-18(20-3)21-5-4-13-6-15(19)7-14-9-24-10-25-17(13)14/h6-7H,4-5,8-10H2,1-3H3,(H2,20,21,22). The Hall–Kier alpha value is -2.19. The lowest BCUT2D eigenvalue weighted by molar-refractivity contribution is -0.0172. The van der Waals surface area contributed by atoms with Gasteiger partial charge in [0, 0.05) is 24.0 Å². The highest BCUT2D eigenvalue weighted by atomic mass is 32.1. The molecule has 1 aromatic carbocycles. The Balaban J connectivity index is 1.54. The molecule has 0 saturated carbocycles. The molecule has 3 rings (SSSR count). The molecule has 26 heavy (non-hydrogen) atoms. The van der Waals surface area contributed by atoms with Gasteiger partial charge in [-0.3, -0.25) is 4.99 Å². The number of aryl methyl sites for hydroxylation is 2. The fourth-order valence-electron chi connectivity index (χ4n) is 2.75. The van der Waals surface area contributed by atoms with Crippen LogP contribution in [0.25, 0.3) is 0 Å². The number of fused-ring (bicyclic) bond motifs is 1. The van der Waals surface area contributed by atoms with E-state index >= 15 is 0 Å². The number of ether oxygens (including phenoxy) is 2. The predicted octanol–water partition coefficient (Wildman–Crippen LogP) is 2.67. The van der Waals surface area contributed by atoms with Crippen LogP contribution in [0.15, 0.2) is 17.1 Å². The molecule has 8 heteroatoms. The number of nitrogens with one attached hydrogen (secondary N) is 2. The van der Waals surface area contributed by atoms with Crippen LogP contribution in [0.4, 0.5) is 4.39 Å². The highest BCUT2D eigenvalue weighted by Crippen LogP contribution is 2.29. The van der Waals surface area contributed by atoms with Crippen molar-refractivity contribution in [1.29, 1.82) is 0 Å². The maximum atomic E-state index is 13.8. The molecule has 0 saturated heterocycles. The first-order chi connectivity index (χ1) is 12.6. The van der Waals surface area contributed by atoms with E-state index in [0.29, 0.717) is 32.1 Å². The zero-order valence-electron chi connectivity index (χ0n) is 15.2. The lowest BCUT2D eigenvalue weighted by Gasteiger charge is -2.21. The van der Waals surface area contributed by atoms with Crippen LogP contribution in [-0.4, -0.2) is 31.3 Å². The number of hydrogen-bond acceptors (Lipinski definition) is 5. The first-order valence-corrected chi connectivity index (χ1v) is 9.27. The minimum Gasteiger partial charge on any atom is -0.467 e. The molecule has 140 valence electrons. The minimum atomic E-state index is -0.273. The average molecular weight is 378 g/mol. The topological polar surface area (TPSA) is 67.8 Å². The molecule has 2 aromatic rings. The van der Waals surface area contributed by atoms with Crippen LogP contribution < -0.4 is 15.4 Å². The summed E-state index contributed by atoms with van der Waals surface area (Å²) in [5.74, 6) is 1.14. The van der Waals surface area contributed by atoms with Crippen molar-refractivity contribution in [1.82, 2.24) is 15.6 Å². The van der Waals surface area contributed by atoms with Crippen molar-refractivity contribution >= 4 is 17.3 Å². The van der Waals surface area contributed by atoms with Crippen molar-refractivity contribution in [2.24, 2.45) is 4.99 Å². The van der Waals surface area contributed by atoms with Crippen LogP contribution >= 0.6 is 11.3 Å². The van der Waals surface area contributed by atoms with Crippen LogP contribution in [0, 0.1) is 19.7 Å². The summed E-state index contributed by atoms with van der Waals surface area (Å²) in [7, 11) is 1.72. The van der Waals surface area contributed by atoms with Crippen molar-refractivity contribution in [3.05, 3.63) is 44.7 Å². The molecular weight excluding hydrogens is 355 g/mol. The SMILES string of the molecule is CN=C(NCCc1cc(F)cc2c1OCOC2)NCc1nc(C)c(C)s1. The molecule has 0 fully saturated rings. The van der Waals surface area contributed by atoms with E-state index in [4.69, 9.17) is 9.47 Å². The van der Waals surface area contributed by atoms with Gasteiger partial charge in [0.25, 0.3) is 0 Å². The molecular formula is C18H23FN4O2S. The average Bonchev–Trinajstić information content (AvgIpc) is 2.95. The van der Waals surface area contributed by atoms with Gasteiger partial charge in [-0.05, 0) is 38.0 Å². The molecule has 1 aromatic heterocycles. The van der Waals surface area contributed by atoms with E-state index in [0.717, 1.165) is 27.6 Å². The Labute approximate surface area is 156 Å². The van der Waals surface area contributed by atoms with Crippen molar-refractivity contribution in [2.75, 3.05) is 20.4 Å². The quantitative estimate of drug-likeness (QED) is 0.619. The summed E-state index contributed by atoms with van der Waals surface area (Å²) in [5.41, 5.74) is 2.65. The van der Waals surface area contributed by atoms with Crippen LogP contribution in [0.2, 0.25) is 0 Å². The molecule has 0 spiro atoms.